The van der Waals surface area contributed by atoms with Gasteiger partial charge in [-0.3, -0.25) is 9.89 Å². The summed E-state index contributed by atoms with van der Waals surface area (Å²) in [5.74, 6) is -2.94. The molecule has 0 fully saturated rings. The smallest absolute Gasteiger partial charge is 0.337 e. The van der Waals surface area contributed by atoms with Crippen molar-refractivity contribution >= 4 is 11.7 Å². The van der Waals surface area contributed by atoms with Crippen LogP contribution in [-0.4, -0.2) is 25.8 Å². The van der Waals surface area contributed by atoms with Crippen LogP contribution in [0.25, 0.3) is 21.8 Å². The van der Waals surface area contributed by atoms with Gasteiger partial charge in [0, 0.05) is 18.0 Å². The number of H-pyrrole nitrogens is 1. The Morgan fingerprint density at radius 2 is 2.00 bits per heavy atom. The van der Waals surface area contributed by atoms with Crippen LogP contribution in [0.5, 0.6) is 0 Å². The molecule has 2 N–H and O–H groups in total. The van der Waals surface area contributed by atoms with Gasteiger partial charge in [0.2, 0.25) is 5.69 Å². The van der Waals surface area contributed by atoms with Gasteiger partial charge >= 0.3 is 5.97 Å². The molecule has 0 aliphatic heterocycles. The summed E-state index contributed by atoms with van der Waals surface area (Å²) in [5, 5.41) is 11.4. The van der Waals surface area contributed by atoms with Gasteiger partial charge in [-0.2, -0.15) is 0 Å². The van der Waals surface area contributed by atoms with Gasteiger partial charge in [-0.25, -0.2) is 28.1 Å². The van der Waals surface area contributed by atoms with E-state index in [9.17, 15) is 18.4 Å². The molecular formula is C16H8F2N4O3. The van der Waals surface area contributed by atoms with E-state index in [-0.39, 0.29) is 22.5 Å². The quantitative estimate of drug-likeness (QED) is 0.716. The number of carboxylic acid groups (broad SMARTS) is 1. The zero-order valence-electron chi connectivity index (χ0n) is 12.3. The molecule has 7 nitrogen and oxygen atoms in total. The zero-order chi connectivity index (χ0) is 18.1. The predicted molar refractivity (Wildman–Crippen MR) is 82.8 cm³/mol. The summed E-state index contributed by atoms with van der Waals surface area (Å²) in [5.41, 5.74) is -1.71. The number of carboxylic acids is 1. The Hall–Kier alpha value is -3.80. The van der Waals surface area contributed by atoms with E-state index in [1.165, 1.54) is 18.3 Å². The number of aromatic carboxylic acids is 1. The third kappa shape index (κ3) is 2.76. The third-order valence-corrected chi connectivity index (χ3v) is 3.44. The molecule has 0 saturated carbocycles. The summed E-state index contributed by atoms with van der Waals surface area (Å²) in [6, 6.07) is 4.04. The molecule has 3 aromatic rings. The van der Waals surface area contributed by atoms with E-state index in [1.54, 1.807) is 0 Å². The van der Waals surface area contributed by atoms with Gasteiger partial charge in [0.1, 0.15) is 11.6 Å². The van der Waals surface area contributed by atoms with Crippen LogP contribution in [0.1, 0.15) is 10.4 Å². The molecule has 0 amide bonds. The van der Waals surface area contributed by atoms with Crippen LogP contribution in [0.2, 0.25) is 0 Å². The highest BCUT2D eigenvalue weighted by molar-refractivity contribution is 5.87. The van der Waals surface area contributed by atoms with Crippen LogP contribution in [0.4, 0.5) is 14.5 Å². The molecule has 0 aliphatic rings. The largest absolute Gasteiger partial charge is 0.478 e. The lowest BCUT2D eigenvalue weighted by Gasteiger charge is -2.02. The van der Waals surface area contributed by atoms with E-state index < -0.39 is 28.9 Å². The van der Waals surface area contributed by atoms with E-state index in [0.717, 1.165) is 16.9 Å². The van der Waals surface area contributed by atoms with Crippen LogP contribution >= 0.6 is 0 Å². The Kier molecular flexibility index (Phi) is 3.86. The fraction of sp³-hybridized carbons (Fsp3) is 0. The van der Waals surface area contributed by atoms with Crippen LogP contribution in [0.15, 0.2) is 41.5 Å². The second kappa shape index (κ2) is 6.01. The molecule has 124 valence electrons. The van der Waals surface area contributed by atoms with E-state index in [4.69, 9.17) is 11.7 Å². The van der Waals surface area contributed by atoms with Gasteiger partial charge < -0.3 is 5.11 Å². The van der Waals surface area contributed by atoms with Crippen molar-refractivity contribution in [3.63, 3.8) is 0 Å². The molecule has 0 unspecified atom stereocenters. The normalized spacial score (nSPS) is 10.4. The first kappa shape index (κ1) is 16.1. The Labute approximate surface area is 138 Å². The highest BCUT2D eigenvalue weighted by Gasteiger charge is 2.17. The Morgan fingerprint density at radius 3 is 2.60 bits per heavy atom. The first-order chi connectivity index (χ1) is 11.9. The molecule has 9 heteroatoms. The van der Waals surface area contributed by atoms with E-state index in [2.05, 4.69) is 14.9 Å². The minimum absolute atomic E-state index is 0.0635. The molecule has 2 heterocycles. The minimum atomic E-state index is -1.17. The van der Waals surface area contributed by atoms with Crippen molar-refractivity contribution in [2.75, 3.05) is 0 Å². The fourth-order valence-electron chi connectivity index (χ4n) is 2.21. The summed E-state index contributed by atoms with van der Waals surface area (Å²) < 4.78 is 28.8. The van der Waals surface area contributed by atoms with Crippen molar-refractivity contribution < 1.29 is 18.7 Å². The first-order valence-electron chi connectivity index (χ1n) is 6.79. The van der Waals surface area contributed by atoms with Crippen LogP contribution in [0, 0.1) is 18.2 Å². The minimum Gasteiger partial charge on any atom is -0.478 e. The number of aromatic nitrogens is 3. The van der Waals surface area contributed by atoms with E-state index in [0.29, 0.717) is 6.07 Å². The molecule has 0 aliphatic carbocycles. The maximum Gasteiger partial charge on any atom is 0.337 e. The number of nitrogens with zero attached hydrogens (tertiary/aromatic N) is 3. The number of pyridine rings is 1. The molecule has 3 rings (SSSR count). The molecule has 0 bridgehead atoms. The molecule has 0 radical (unpaired) electrons. The zero-order valence-corrected chi connectivity index (χ0v) is 12.3. The van der Waals surface area contributed by atoms with Gasteiger partial charge in [-0.15, -0.1) is 0 Å². The number of aromatic amines is 1. The molecule has 0 saturated heterocycles. The molecule has 0 atom stereocenters. The third-order valence-electron chi connectivity index (χ3n) is 3.44. The highest BCUT2D eigenvalue weighted by Crippen LogP contribution is 2.27. The van der Waals surface area contributed by atoms with Crippen molar-refractivity contribution in [3.8, 4) is 16.9 Å². The fourth-order valence-corrected chi connectivity index (χ4v) is 2.21. The molecule has 1 aromatic carbocycles. The van der Waals surface area contributed by atoms with Crippen molar-refractivity contribution in [2.45, 2.75) is 0 Å². The van der Waals surface area contributed by atoms with Crippen molar-refractivity contribution in [1.29, 1.82) is 0 Å². The van der Waals surface area contributed by atoms with Gasteiger partial charge in [0.25, 0.3) is 5.56 Å². The van der Waals surface area contributed by atoms with Crippen LogP contribution in [-0.2, 0) is 0 Å². The molecule has 2 aromatic heterocycles. The SMILES string of the molecule is [C-]#[N+]c1cc(F)c(-c2c[nH]n(-c3ccc(C(=O)O)cn3)c2=O)cc1F. The molecule has 25 heavy (non-hydrogen) atoms. The molecular weight excluding hydrogens is 334 g/mol. The topological polar surface area (TPSA) is 92.3 Å². The van der Waals surface area contributed by atoms with E-state index >= 15 is 0 Å². The van der Waals surface area contributed by atoms with Gasteiger partial charge in [-0.05, 0) is 24.3 Å². The van der Waals surface area contributed by atoms with Gasteiger partial charge in [0.15, 0.2) is 5.82 Å². The van der Waals surface area contributed by atoms with Crippen molar-refractivity contribution in [1.82, 2.24) is 14.8 Å². The van der Waals surface area contributed by atoms with Crippen molar-refractivity contribution in [2.24, 2.45) is 0 Å². The highest BCUT2D eigenvalue weighted by atomic mass is 19.1. The second-order valence-corrected chi connectivity index (χ2v) is 4.93. The van der Waals surface area contributed by atoms with Gasteiger partial charge in [-0.1, -0.05) is 0 Å². The maximum absolute atomic E-state index is 14.1. The van der Waals surface area contributed by atoms with Crippen LogP contribution in [0.3, 0.4) is 0 Å². The summed E-state index contributed by atoms with van der Waals surface area (Å²) >= 11 is 0. The standard InChI is InChI=1S/C16H8F2N4O3/c1-19-13-5-11(17)9(4-12(13)18)10-7-21-22(15(10)23)14-3-2-8(6-20-14)16(24)25/h2-7,21H,(H,24,25). The average molecular weight is 342 g/mol. The Morgan fingerprint density at radius 1 is 1.24 bits per heavy atom. The lowest BCUT2D eigenvalue weighted by Crippen LogP contribution is -2.17. The van der Waals surface area contributed by atoms with Gasteiger partial charge in [0.05, 0.1) is 17.7 Å². The molecule has 0 spiro atoms. The maximum atomic E-state index is 14.1. The number of hydrogen-bond donors (Lipinski definition) is 2. The lowest BCUT2D eigenvalue weighted by atomic mass is 10.1. The Balaban J connectivity index is 2.08. The summed E-state index contributed by atoms with van der Waals surface area (Å²) in [6.45, 7) is 6.76. The van der Waals surface area contributed by atoms with E-state index in [1.807, 2.05) is 0 Å². The summed E-state index contributed by atoms with van der Waals surface area (Å²) in [4.78, 5) is 29.9. The average Bonchev–Trinajstić information content (AvgIpc) is 2.98. The summed E-state index contributed by atoms with van der Waals surface area (Å²) in [7, 11) is 0. The predicted octanol–water partition coefficient (Wildman–Crippen LogP) is 2.75. The Bertz CT molecular complexity index is 1080. The first-order valence-corrected chi connectivity index (χ1v) is 6.79. The number of hydrogen-bond acceptors (Lipinski definition) is 3. The van der Waals surface area contributed by atoms with Crippen molar-refractivity contribution in [3.05, 3.63) is 75.6 Å². The number of rotatable bonds is 3. The number of halogens is 2. The number of nitrogens with one attached hydrogen (secondary N) is 1. The lowest BCUT2D eigenvalue weighted by molar-refractivity contribution is 0.0696. The number of benzene rings is 1. The number of carbonyl (C=O) groups is 1. The summed E-state index contributed by atoms with van der Waals surface area (Å²) in [6.07, 6.45) is 2.24. The second-order valence-electron chi connectivity index (χ2n) is 4.93. The van der Waals surface area contributed by atoms with Crippen LogP contribution < -0.4 is 5.56 Å². The monoisotopic (exact) mass is 342 g/mol.